The van der Waals surface area contributed by atoms with Crippen LogP contribution in [0.1, 0.15) is 42.5 Å². The third-order valence-electron chi connectivity index (χ3n) is 5.16. The Morgan fingerprint density at radius 3 is 2.40 bits per heavy atom. The molecule has 2 aromatic carbocycles. The van der Waals surface area contributed by atoms with Gasteiger partial charge < -0.3 is 4.74 Å². The maximum Gasteiger partial charge on any atom is 0.140 e. The summed E-state index contributed by atoms with van der Waals surface area (Å²) in [6, 6.07) is 17.2. The summed E-state index contributed by atoms with van der Waals surface area (Å²) in [5.74, 6) is 1.37. The highest BCUT2D eigenvalue weighted by Crippen LogP contribution is 2.40. The summed E-state index contributed by atoms with van der Waals surface area (Å²) in [6.45, 7) is 9.64. The van der Waals surface area contributed by atoms with Crippen molar-refractivity contribution in [2.24, 2.45) is 5.92 Å². The third-order valence-corrected chi connectivity index (χ3v) is 5.91. The van der Waals surface area contributed by atoms with Gasteiger partial charge in [-0.3, -0.25) is 0 Å². The fraction of sp³-hybridized carbons (Fsp3) is 0.318. The highest BCUT2D eigenvalue weighted by atomic mass is 32.1. The summed E-state index contributed by atoms with van der Waals surface area (Å²) in [4.78, 5) is 4.25. The fourth-order valence-electron chi connectivity index (χ4n) is 3.32. The molecule has 25 heavy (non-hydrogen) atoms. The van der Waals surface area contributed by atoms with Crippen LogP contribution < -0.4 is 4.74 Å². The second kappa shape index (κ2) is 7.40. The van der Waals surface area contributed by atoms with Crippen LogP contribution in [0, 0.1) is 12.8 Å². The van der Waals surface area contributed by atoms with E-state index >= 15 is 0 Å². The molecular weight excluding hydrogens is 326 g/mol. The molecule has 0 aliphatic heterocycles. The van der Waals surface area contributed by atoms with E-state index in [1.54, 1.807) is 11.3 Å². The Bertz CT molecular complexity index is 808. The SMILES string of the molecule is Cc1ccccc1C(C)(c1ccc(OCc2nccs2)cc1)C(C)C. The molecule has 0 spiro atoms. The van der Waals surface area contributed by atoms with Gasteiger partial charge in [-0.25, -0.2) is 4.98 Å². The number of ether oxygens (including phenoxy) is 1. The smallest absolute Gasteiger partial charge is 0.140 e. The van der Waals surface area contributed by atoms with Crippen molar-refractivity contribution >= 4 is 11.3 Å². The molecule has 0 saturated heterocycles. The summed E-state index contributed by atoms with van der Waals surface area (Å²) < 4.78 is 5.86. The van der Waals surface area contributed by atoms with Crippen LogP contribution in [0.25, 0.3) is 0 Å². The van der Waals surface area contributed by atoms with Crippen LogP contribution >= 0.6 is 11.3 Å². The van der Waals surface area contributed by atoms with Crippen LogP contribution in [0.15, 0.2) is 60.1 Å². The van der Waals surface area contributed by atoms with Crippen molar-refractivity contribution in [3.05, 3.63) is 81.8 Å². The van der Waals surface area contributed by atoms with E-state index in [-0.39, 0.29) is 5.41 Å². The van der Waals surface area contributed by atoms with Crippen molar-refractivity contribution in [3.8, 4) is 5.75 Å². The first-order chi connectivity index (χ1) is 12.0. The third kappa shape index (κ3) is 3.62. The molecule has 3 heteroatoms. The van der Waals surface area contributed by atoms with E-state index in [1.807, 2.05) is 11.6 Å². The van der Waals surface area contributed by atoms with E-state index in [0.717, 1.165) is 10.8 Å². The van der Waals surface area contributed by atoms with Gasteiger partial charge in [0.05, 0.1) is 0 Å². The number of thiazole rings is 1. The average Bonchev–Trinajstić information content (AvgIpc) is 3.13. The monoisotopic (exact) mass is 351 g/mol. The van der Waals surface area contributed by atoms with Crippen LogP contribution in [-0.4, -0.2) is 4.98 Å². The lowest BCUT2D eigenvalue weighted by atomic mass is 9.67. The Hall–Kier alpha value is -2.13. The van der Waals surface area contributed by atoms with Crippen LogP contribution in [0.2, 0.25) is 0 Å². The highest BCUT2D eigenvalue weighted by molar-refractivity contribution is 7.09. The molecule has 0 bridgehead atoms. The Balaban J connectivity index is 1.86. The zero-order valence-corrected chi connectivity index (χ0v) is 16.1. The molecular formula is C22H25NOS. The molecule has 0 fully saturated rings. The van der Waals surface area contributed by atoms with Gasteiger partial charge in [0.1, 0.15) is 17.4 Å². The molecule has 0 amide bonds. The van der Waals surface area contributed by atoms with E-state index in [9.17, 15) is 0 Å². The standard InChI is InChI=1S/C22H25NOS/c1-16(2)22(4,20-8-6-5-7-17(20)3)18-9-11-19(12-10-18)24-15-21-23-13-14-25-21/h5-14,16H,15H2,1-4H3. The molecule has 0 N–H and O–H groups in total. The van der Waals surface area contributed by atoms with Crippen molar-refractivity contribution < 1.29 is 4.74 Å². The van der Waals surface area contributed by atoms with Crippen molar-refractivity contribution in [2.45, 2.75) is 39.7 Å². The first kappa shape index (κ1) is 17.7. The average molecular weight is 352 g/mol. The van der Waals surface area contributed by atoms with Gasteiger partial charge in [-0.1, -0.05) is 57.2 Å². The van der Waals surface area contributed by atoms with Gasteiger partial charge in [-0.2, -0.15) is 0 Å². The lowest BCUT2D eigenvalue weighted by Crippen LogP contribution is -2.31. The van der Waals surface area contributed by atoms with Gasteiger partial charge >= 0.3 is 0 Å². The van der Waals surface area contributed by atoms with Crippen molar-refractivity contribution in [1.82, 2.24) is 4.98 Å². The van der Waals surface area contributed by atoms with E-state index in [0.29, 0.717) is 12.5 Å². The molecule has 0 aliphatic rings. The van der Waals surface area contributed by atoms with Gasteiger partial charge in [0, 0.05) is 17.0 Å². The first-order valence-electron chi connectivity index (χ1n) is 8.69. The lowest BCUT2D eigenvalue weighted by Gasteiger charge is -2.36. The van der Waals surface area contributed by atoms with Crippen LogP contribution in [-0.2, 0) is 12.0 Å². The number of rotatable bonds is 6. The molecule has 1 aromatic heterocycles. The van der Waals surface area contributed by atoms with E-state index in [2.05, 4.69) is 81.2 Å². The molecule has 3 rings (SSSR count). The normalized spacial score (nSPS) is 13.6. The van der Waals surface area contributed by atoms with Crippen LogP contribution in [0.4, 0.5) is 0 Å². The maximum absolute atomic E-state index is 5.86. The predicted molar refractivity (Wildman–Crippen MR) is 105 cm³/mol. The quantitative estimate of drug-likeness (QED) is 0.544. The molecule has 130 valence electrons. The Morgan fingerprint density at radius 2 is 1.80 bits per heavy atom. The van der Waals surface area contributed by atoms with E-state index < -0.39 is 0 Å². The summed E-state index contributed by atoms with van der Waals surface area (Å²) in [7, 11) is 0. The zero-order chi connectivity index (χ0) is 17.9. The van der Waals surface area contributed by atoms with Gasteiger partial charge in [0.15, 0.2) is 0 Å². The number of nitrogens with zero attached hydrogens (tertiary/aromatic N) is 1. The Morgan fingerprint density at radius 1 is 1.08 bits per heavy atom. The zero-order valence-electron chi connectivity index (χ0n) is 15.3. The van der Waals surface area contributed by atoms with Gasteiger partial charge in [-0.15, -0.1) is 11.3 Å². The van der Waals surface area contributed by atoms with E-state index in [4.69, 9.17) is 4.74 Å². The molecule has 0 radical (unpaired) electrons. The number of aryl methyl sites for hydroxylation is 1. The van der Waals surface area contributed by atoms with Crippen molar-refractivity contribution in [2.75, 3.05) is 0 Å². The largest absolute Gasteiger partial charge is 0.486 e. The van der Waals surface area contributed by atoms with Gasteiger partial charge in [0.25, 0.3) is 0 Å². The van der Waals surface area contributed by atoms with Gasteiger partial charge in [0.2, 0.25) is 0 Å². The summed E-state index contributed by atoms with van der Waals surface area (Å²) in [6.07, 6.45) is 1.81. The minimum absolute atomic E-state index is 0.0286. The molecule has 1 heterocycles. The van der Waals surface area contributed by atoms with Crippen molar-refractivity contribution in [3.63, 3.8) is 0 Å². The number of benzene rings is 2. The minimum Gasteiger partial charge on any atom is -0.486 e. The molecule has 1 atom stereocenters. The molecule has 0 saturated carbocycles. The Kier molecular flexibility index (Phi) is 5.24. The number of hydrogen-bond acceptors (Lipinski definition) is 3. The second-order valence-corrected chi connectivity index (χ2v) is 7.89. The Labute approximate surface area is 154 Å². The van der Waals surface area contributed by atoms with Gasteiger partial charge in [-0.05, 0) is 41.7 Å². The van der Waals surface area contributed by atoms with Crippen molar-refractivity contribution in [1.29, 1.82) is 0 Å². The maximum atomic E-state index is 5.86. The molecule has 0 aliphatic carbocycles. The number of aromatic nitrogens is 1. The summed E-state index contributed by atoms with van der Waals surface area (Å²) in [5.41, 5.74) is 4.02. The fourth-order valence-corrected chi connectivity index (χ4v) is 3.85. The summed E-state index contributed by atoms with van der Waals surface area (Å²) >= 11 is 1.62. The minimum atomic E-state index is -0.0286. The van der Waals surface area contributed by atoms with E-state index in [1.165, 1.54) is 16.7 Å². The number of hydrogen-bond donors (Lipinski definition) is 0. The second-order valence-electron chi connectivity index (χ2n) is 6.91. The molecule has 2 nitrogen and oxygen atoms in total. The first-order valence-corrected chi connectivity index (χ1v) is 9.57. The van der Waals surface area contributed by atoms with Crippen LogP contribution in [0.3, 0.4) is 0 Å². The highest BCUT2D eigenvalue weighted by Gasteiger charge is 2.33. The summed E-state index contributed by atoms with van der Waals surface area (Å²) in [5, 5.41) is 2.97. The topological polar surface area (TPSA) is 22.1 Å². The van der Waals surface area contributed by atoms with Crippen LogP contribution in [0.5, 0.6) is 5.75 Å². The predicted octanol–water partition coefficient (Wildman–Crippen LogP) is 5.99. The lowest BCUT2D eigenvalue weighted by molar-refractivity contribution is 0.305. The molecule has 3 aromatic rings. The molecule has 1 unspecified atom stereocenters.